The third-order valence-electron chi connectivity index (χ3n) is 4.90. The van der Waals surface area contributed by atoms with Crippen LogP contribution in [0.1, 0.15) is 38.5 Å². The van der Waals surface area contributed by atoms with Crippen LogP contribution in [0.3, 0.4) is 0 Å². The van der Waals surface area contributed by atoms with E-state index in [4.69, 9.17) is 9.47 Å². The highest BCUT2D eigenvalue weighted by atomic mass is 16.7. The monoisotopic (exact) mass is 305 g/mol. The van der Waals surface area contributed by atoms with Crippen LogP contribution in [0.2, 0.25) is 0 Å². The van der Waals surface area contributed by atoms with Crippen molar-refractivity contribution in [2.24, 2.45) is 0 Å². The quantitative estimate of drug-likeness (QED) is 0.908. The van der Waals surface area contributed by atoms with E-state index in [1.54, 1.807) is 6.20 Å². The van der Waals surface area contributed by atoms with Crippen molar-refractivity contribution >= 4 is 11.8 Å². The minimum Gasteiger partial charge on any atom is -0.355 e. The second-order valence-electron chi connectivity index (χ2n) is 6.36. The van der Waals surface area contributed by atoms with Gasteiger partial charge in [-0.2, -0.15) is 10.1 Å². The van der Waals surface area contributed by atoms with Gasteiger partial charge < -0.3 is 19.7 Å². The molecule has 3 aliphatic rings. The molecule has 7 nitrogen and oxygen atoms in total. The van der Waals surface area contributed by atoms with Crippen molar-refractivity contribution in [2.75, 3.05) is 36.5 Å². The molecule has 0 amide bonds. The van der Waals surface area contributed by atoms with Gasteiger partial charge in [-0.25, -0.2) is 0 Å². The molecular formula is C15H23N5O2. The van der Waals surface area contributed by atoms with Gasteiger partial charge in [0.1, 0.15) is 0 Å². The maximum Gasteiger partial charge on any atom is 0.244 e. The molecule has 3 heterocycles. The number of piperidine rings is 1. The Morgan fingerprint density at radius 1 is 1.14 bits per heavy atom. The summed E-state index contributed by atoms with van der Waals surface area (Å²) in [5, 5.41) is 11.6. The predicted molar refractivity (Wildman–Crippen MR) is 81.8 cm³/mol. The molecular weight excluding hydrogens is 282 g/mol. The highest BCUT2D eigenvalue weighted by Crippen LogP contribution is 2.32. The third-order valence-corrected chi connectivity index (χ3v) is 4.90. The number of nitrogens with zero attached hydrogens (tertiary/aromatic N) is 4. The predicted octanol–water partition coefficient (Wildman–Crippen LogP) is 1.57. The molecule has 0 radical (unpaired) electrons. The van der Waals surface area contributed by atoms with Gasteiger partial charge in [-0.15, -0.1) is 5.10 Å². The molecule has 1 aliphatic carbocycles. The van der Waals surface area contributed by atoms with Gasteiger partial charge in [-0.1, -0.05) is 12.8 Å². The Kier molecular flexibility index (Phi) is 3.83. The Morgan fingerprint density at radius 3 is 2.59 bits per heavy atom. The molecule has 0 bridgehead atoms. The minimum atomic E-state index is -0.345. The molecule has 2 aliphatic heterocycles. The van der Waals surface area contributed by atoms with Gasteiger partial charge in [-0.3, -0.25) is 0 Å². The highest BCUT2D eigenvalue weighted by molar-refractivity contribution is 5.41. The number of anilines is 2. The summed E-state index contributed by atoms with van der Waals surface area (Å²) in [5.41, 5.74) is 0. The summed E-state index contributed by atoms with van der Waals surface area (Å²) in [6.07, 6.45) is 8.49. The van der Waals surface area contributed by atoms with Crippen molar-refractivity contribution < 1.29 is 9.47 Å². The summed E-state index contributed by atoms with van der Waals surface area (Å²) in [6, 6.07) is 0.502. The van der Waals surface area contributed by atoms with Gasteiger partial charge in [0, 0.05) is 32.0 Å². The van der Waals surface area contributed by atoms with E-state index in [1.165, 1.54) is 25.7 Å². The zero-order valence-electron chi connectivity index (χ0n) is 12.8. The van der Waals surface area contributed by atoms with Gasteiger partial charge in [0.2, 0.25) is 5.95 Å². The van der Waals surface area contributed by atoms with E-state index in [1.807, 2.05) is 0 Å². The van der Waals surface area contributed by atoms with Gasteiger partial charge >= 0.3 is 0 Å². The van der Waals surface area contributed by atoms with Crippen LogP contribution >= 0.6 is 0 Å². The first-order valence-corrected chi connectivity index (χ1v) is 8.32. The smallest absolute Gasteiger partial charge is 0.244 e. The van der Waals surface area contributed by atoms with Crippen molar-refractivity contribution in [3.63, 3.8) is 0 Å². The fourth-order valence-corrected chi connectivity index (χ4v) is 3.62. The lowest BCUT2D eigenvalue weighted by Crippen LogP contribution is -2.45. The average Bonchev–Trinajstić information content (AvgIpc) is 3.21. The second-order valence-corrected chi connectivity index (χ2v) is 6.36. The van der Waals surface area contributed by atoms with Crippen LogP contribution in [-0.4, -0.2) is 53.3 Å². The Morgan fingerprint density at radius 2 is 1.86 bits per heavy atom. The maximum absolute atomic E-state index is 5.77. The fraction of sp³-hybridized carbons (Fsp3) is 0.800. The molecule has 7 heteroatoms. The maximum atomic E-state index is 5.77. The zero-order chi connectivity index (χ0) is 14.8. The standard InChI is InChI=1S/C15H23N5O2/c1-2-4-12(3-1)17-14-18-13(11-16-19-14)20-7-5-15(6-8-20)21-9-10-22-15/h11-12H,1-10H2,(H,17,18,19). The summed E-state index contributed by atoms with van der Waals surface area (Å²) in [6.45, 7) is 3.18. The molecule has 1 aromatic heterocycles. The molecule has 0 aromatic carbocycles. The molecule has 3 fully saturated rings. The van der Waals surface area contributed by atoms with Crippen molar-refractivity contribution in [1.82, 2.24) is 15.2 Å². The van der Waals surface area contributed by atoms with Crippen molar-refractivity contribution in [2.45, 2.75) is 50.4 Å². The van der Waals surface area contributed by atoms with E-state index in [0.717, 1.165) is 31.7 Å². The summed E-state index contributed by atoms with van der Waals surface area (Å²) in [7, 11) is 0. The molecule has 22 heavy (non-hydrogen) atoms. The highest BCUT2D eigenvalue weighted by Gasteiger charge is 2.40. The Labute approximate surface area is 130 Å². The van der Waals surface area contributed by atoms with Crippen LogP contribution < -0.4 is 10.2 Å². The van der Waals surface area contributed by atoms with Gasteiger partial charge in [0.05, 0.1) is 19.4 Å². The fourth-order valence-electron chi connectivity index (χ4n) is 3.62. The molecule has 1 saturated carbocycles. The van der Waals surface area contributed by atoms with E-state index < -0.39 is 0 Å². The average molecular weight is 305 g/mol. The van der Waals surface area contributed by atoms with Crippen molar-refractivity contribution in [3.8, 4) is 0 Å². The van der Waals surface area contributed by atoms with E-state index in [0.29, 0.717) is 25.2 Å². The molecule has 1 spiro atoms. The molecule has 4 rings (SSSR count). The van der Waals surface area contributed by atoms with Crippen LogP contribution in [0, 0.1) is 0 Å². The number of rotatable bonds is 3. The Balaban J connectivity index is 1.40. The first-order valence-electron chi connectivity index (χ1n) is 8.32. The summed E-state index contributed by atoms with van der Waals surface area (Å²) in [5.74, 6) is 1.20. The van der Waals surface area contributed by atoms with E-state index in [-0.39, 0.29) is 5.79 Å². The van der Waals surface area contributed by atoms with Crippen LogP contribution in [0.5, 0.6) is 0 Å². The third kappa shape index (κ3) is 2.87. The van der Waals surface area contributed by atoms with E-state index in [9.17, 15) is 0 Å². The number of aromatic nitrogens is 3. The van der Waals surface area contributed by atoms with E-state index in [2.05, 4.69) is 25.4 Å². The van der Waals surface area contributed by atoms with Gasteiger partial charge in [0.15, 0.2) is 11.6 Å². The lowest BCUT2D eigenvalue weighted by molar-refractivity contribution is -0.169. The van der Waals surface area contributed by atoms with Crippen molar-refractivity contribution in [1.29, 1.82) is 0 Å². The van der Waals surface area contributed by atoms with E-state index >= 15 is 0 Å². The van der Waals surface area contributed by atoms with Gasteiger partial charge in [0.25, 0.3) is 0 Å². The number of hydrogen-bond donors (Lipinski definition) is 1. The number of nitrogens with one attached hydrogen (secondary N) is 1. The lowest BCUT2D eigenvalue weighted by Gasteiger charge is -2.37. The first kappa shape index (κ1) is 14.1. The zero-order valence-corrected chi connectivity index (χ0v) is 12.8. The minimum absolute atomic E-state index is 0.345. The summed E-state index contributed by atoms with van der Waals surface area (Å²) in [4.78, 5) is 6.88. The number of hydrogen-bond acceptors (Lipinski definition) is 7. The van der Waals surface area contributed by atoms with Crippen LogP contribution in [0.4, 0.5) is 11.8 Å². The largest absolute Gasteiger partial charge is 0.355 e. The molecule has 2 saturated heterocycles. The molecule has 120 valence electrons. The first-order chi connectivity index (χ1) is 10.8. The normalized spacial score (nSPS) is 25.0. The lowest BCUT2D eigenvalue weighted by atomic mass is 10.0. The number of ether oxygens (including phenoxy) is 2. The molecule has 1 N–H and O–H groups in total. The Hall–Kier alpha value is -1.47. The van der Waals surface area contributed by atoms with Crippen molar-refractivity contribution in [3.05, 3.63) is 6.20 Å². The van der Waals surface area contributed by atoms with Crippen LogP contribution in [0.15, 0.2) is 6.20 Å². The van der Waals surface area contributed by atoms with Crippen LogP contribution in [0.25, 0.3) is 0 Å². The summed E-state index contributed by atoms with van der Waals surface area (Å²) >= 11 is 0. The SMILES string of the molecule is c1nnc(NC2CCCC2)nc1N1CCC2(CC1)OCCO2. The second kappa shape index (κ2) is 5.96. The molecule has 0 atom stereocenters. The molecule has 1 aromatic rings. The Bertz CT molecular complexity index is 504. The summed E-state index contributed by atoms with van der Waals surface area (Å²) < 4.78 is 11.5. The topological polar surface area (TPSA) is 72.4 Å². The molecule has 0 unspecified atom stereocenters. The van der Waals surface area contributed by atoms with Gasteiger partial charge in [-0.05, 0) is 12.8 Å². The van der Waals surface area contributed by atoms with Crippen LogP contribution in [-0.2, 0) is 9.47 Å².